The second kappa shape index (κ2) is 6.09. The number of likely N-dealkylation sites (N-methyl/N-ethyl adjacent to an activating group) is 1. The maximum atomic E-state index is 10.9. The fraction of sp³-hybridized carbons (Fsp3) is 0.263. The first-order valence-corrected chi connectivity index (χ1v) is 8.21. The monoisotopic (exact) mass is 320 g/mol. The Hall–Kier alpha value is -2.66. The summed E-state index contributed by atoms with van der Waals surface area (Å²) in [6.07, 6.45) is 2.66. The second-order valence-corrected chi connectivity index (χ2v) is 6.29. The van der Waals surface area contributed by atoms with Crippen LogP contribution in [-0.2, 0) is 0 Å². The Morgan fingerprint density at radius 1 is 0.958 bits per heavy atom. The van der Waals surface area contributed by atoms with Crippen molar-refractivity contribution in [2.24, 2.45) is 0 Å². The van der Waals surface area contributed by atoms with Crippen molar-refractivity contribution >= 4 is 23.0 Å². The lowest BCUT2D eigenvalue weighted by Crippen LogP contribution is -2.44. The van der Waals surface area contributed by atoms with E-state index in [1.54, 1.807) is 0 Å². The van der Waals surface area contributed by atoms with Gasteiger partial charge in [0, 0.05) is 43.1 Å². The van der Waals surface area contributed by atoms with Gasteiger partial charge in [0.25, 0.3) is 0 Å². The Morgan fingerprint density at radius 2 is 1.67 bits per heavy atom. The minimum Gasteiger partial charge on any atom is -0.369 e. The van der Waals surface area contributed by atoms with E-state index in [-0.39, 0.29) is 0 Å². The Labute approximate surface area is 141 Å². The van der Waals surface area contributed by atoms with Gasteiger partial charge < -0.3 is 9.80 Å². The standard InChI is InChI=1S/C19H20N4O/c1-21-8-10-22(11-9-21)16-3-5-17(6-4-16)23-14-20-18-12-15(13-24)2-7-19(18)23/h2-7,12-14H,8-11H2,1H3. The summed E-state index contributed by atoms with van der Waals surface area (Å²) in [5.74, 6) is 0. The molecule has 1 saturated heterocycles. The van der Waals surface area contributed by atoms with Gasteiger partial charge in [-0.05, 0) is 49.5 Å². The summed E-state index contributed by atoms with van der Waals surface area (Å²) >= 11 is 0. The van der Waals surface area contributed by atoms with E-state index in [1.165, 1.54) is 5.69 Å². The molecule has 0 atom stereocenters. The van der Waals surface area contributed by atoms with E-state index in [2.05, 4.69) is 50.7 Å². The molecule has 4 rings (SSSR count). The van der Waals surface area contributed by atoms with Crippen LogP contribution in [0, 0.1) is 0 Å². The average Bonchev–Trinajstić information content (AvgIpc) is 3.05. The molecule has 0 unspecified atom stereocenters. The molecule has 5 nitrogen and oxygen atoms in total. The highest BCUT2D eigenvalue weighted by Gasteiger charge is 2.14. The molecule has 0 radical (unpaired) electrons. The zero-order chi connectivity index (χ0) is 16.5. The van der Waals surface area contributed by atoms with Crippen LogP contribution in [0.3, 0.4) is 0 Å². The fourth-order valence-electron chi connectivity index (χ4n) is 3.20. The zero-order valence-corrected chi connectivity index (χ0v) is 13.7. The number of hydrogen-bond donors (Lipinski definition) is 0. The minimum atomic E-state index is 0.651. The summed E-state index contributed by atoms with van der Waals surface area (Å²) in [6, 6.07) is 14.2. The van der Waals surface area contributed by atoms with Crippen molar-refractivity contribution in [1.29, 1.82) is 0 Å². The number of carbonyl (C=O) groups excluding carboxylic acids is 1. The SMILES string of the molecule is CN1CCN(c2ccc(-n3cnc4cc(C=O)ccc43)cc2)CC1. The molecule has 2 heterocycles. The third kappa shape index (κ3) is 2.67. The molecule has 2 aromatic carbocycles. The van der Waals surface area contributed by atoms with Crippen LogP contribution in [0.15, 0.2) is 48.8 Å². The van der Waals surface area contributed by atoms with Crippen LogP contribution in [-0.4, -0.2) is 54.0 Å². The summed E-state index contributed by atoms with van der Waals surface area (Å²) in [5.41, 5.74) is 4.84. The highest BCUT2D eigenvalue weighted by Crippen LogP contribution is 2.22. The van der Waals surface area contributed by atoms with Crippen LogP contribution < -0.4 is 4.90 Å². The normalized spacial score (nSPS) is 15.8. The predicted molar refractivity (Wildman–Crippen MR) is 96.2 cm³/mol. The highest BCUT2D eigenvalue weighted by atomic mass is 16.1. The smallest absolute Gasteiger partial charge is 0.150 e. The molecule has 1 aliphatic rings. The molecule has 0 spiro atoms. The first-order chi connectivity index (χ1) is 11.7. The average molecular weight is 320 g/mol. The number of rotatable bonds is 3. The molecule has 3 aromatic rings. The van der Waals surface area contributed by atoms with Crippen LogP contribution in [0.1, 0.15) is 10.4 Å². The van der Waals surface area contributed by atoms with Crippen molar-refractivity contribution in [2.45, 2.75) is 0 Å². The van der Waals surface area contributed by atoms with Crippen LogP contribution in [0.2, 0.25) is 0 Å². The quantitative estimate of drug-likeness (QED) is 0.696. The lowest BCUT2D eigenvalue weighted by Gasteiger charge is -2.34. The van der Waals surface area contributed by atoms with Crippen molar-refractivity contribution in [3.63, 3.8) is 0 Å². The van der Waals surface area contributed by atoms with E-state index in [0.29, 0.717) is 5.56 Å². The number of piperazine rings is 1. The summed E-state index contributed by atoms with van der Waals surface area (Å²) in [5, 5.41) is 0. The van der Waals surface area contributed by atoms with E-state index < -0.39 is 0 Å². The Bertz CT molecular complexity index is 861. The van der Waals surface area contributed by atoms with Gasteiger partial charge in [-0.15, -0.1) is 0 Å². The predicted octanol–water partition coefficient (Wildman–Crippen LogP) is 2.59. The molecule has 5 heteroatoms. The number of hydrogen-bond acceptors (Lipinski definition) is 4. The molecular formula is C19H20N4O. The van der Waals surface area contributed by atoms with Crippen LogP contribution in [0.4, 0.5) is 5.69 Å². The number of imidazole rings is 1. The molecular weight excluding hydrogens is 300 g/mol. The maximum Gasteiger partial charge on any atom is 0.150 e. The van der Waals surface area contributed by atoms with E-state index in [1.807, 2.05) is 24.5 Å². The van der Waals surface area contributed by atoms with Gasteiger partial charge in [-0.2, -0.15) is 0 Å². The van der Waals surface area contributed by atoms with Crippen molar-refractivity contribution in [1.82, 2.24) is 14.5 Å². The van der Waals surface area contributed by atoms with E-state index in [9.17, 15) is 4.79 Å². The maximum absolute atomic E-state index is 10.9. The Kier molecular flexibility index (Phi) is 3.78. The number of aromatic nitrogens is 2. The van der Waals surface area contributed by atoms with Gasteiger partial charge in [-0.3, -0.25) is 9.36 Å². The Morgan fingerprint density at radius 3 is 2.38 bits per heavy atom. The minimum absolute atomic E-state index is 0.651. The number of aldehydes is 1. The lowest BCUT2D eigenvalue weighted by molar-refractivity contribution is 0.112. The van der Waals surface area contributed by atoms with Crippen molar-refractivity contribution in [3.8, 4) is 5.69 Å². The summed E-state index contributed by atoms with van der Waals surface area (Å²) in [6.45, 7) is 4.34. The van der Waals surface area contributed by atoms with Gasteiger partial charge >= 0.3 is 0 Å². The third-order valence-corrected chi connectivity index (χ3v) is 4.70. The molecule has 1 fully saturated rings. The second-order valence-electron chi connectivity index (χ2n) is 6.29. The lowest BCUT2D eigenvalue weighted by atomic mass is 10.2. The van der Waals surface area contributed by atoms with Gasteiger partial charge in [0.05, 0.1) is 11.0 Å². The number of anilines is 1. The van der Waals surface area contributed by atoms with E-state index >= 15 is 0 Å². The molecule has 0 aliphatic carbocycles. The largest absolute Gasteiger partial charge is 0.369 e. The topological polar surface area (TPSA) is 41.4 Å². The first kappa shape index (κ1) is 14.9. The van der Waals surface area contributed by atoms with Crippen LogP contribution in [0.5, 0.6) is 0 Å². The first-order valence-electron chi connectivity index (χ1n) is 8.21. The van der Waals surface area contributed by atoms with Crippen molar-refractivity contribution in [3.05, 3.63) is 54.4 Å². The summed E-state index contributed by atoms with van der Waals surface area (Å²) < 4.78 is 2.05. The van der Waals surface area contributed by atoms with Crippen molar-refractivity contribution in [2.75, 3.05) is 38.1 Å². The molecule has 24 heavy (non-hydrogen) atoms. The molecule has 0 saturated carbocycles. The molecule has 1 aliphatic heterocycles. The highest BCUT2D eigenvalue weighted by molar-refractivity contribution is 5.85. The number of nitrogens with zero attached hydrogens (tertiary/aromatic N) is 4. The van der Waals surface area contributed by atoms with Crippen LogP contribution >= 0.6 is 0 Å². The van der Waals surface area contributed by atoms with E-state index in [4.69, 9.17) is 0 Å². The molecule has 0 N–H and O–H groups in total. The molecule has 1 aromatic heterocycles. The number of carbonyl (C=O) groups is 1. The molecule has 0 bridgehead atoms. The third-order valence-electron chi connectivity index (χ3n) is 4.70. The summed E-state index contributed by atoms with van der Waals surface area (Å²) in [7, 11) is 2.17. The molecule has 122 valence electrons. The summed E-state index contributed by atoms with van der Waals surface area (Å²) in [4.78, 5) is 20.1. The zero-order valence-electron chi connectivity index (χ0n) is 13.7. The Balaban J connectivity index is 1.62. The van der Waals surface area contributed by atoms with Gasteiger partial charge in [-0.1, -0.05) is 0 Å². The fourth-order valence-corrected chi connectivity index (χ4v) is 3.20. The van der Waals surface area contributed by atoms with Crippen LogP contribution in [0.25, 0.3) is 16.7 Å². The number of benzene rings is 2. The van der Waals surface area contributed by atoms with Gasteiger partial charge in [-0.25, -0.2) is 4.98 Å². The van der Waals surface area contributed by atoms with Gasteiger partial charge in [0.2, 0.25) is 0 Å². The van der Waals surface area contributed by atoms with Gasteiger partial charge in [0.1, 0.15) is 12.6 Å². The number of fused-ring (bicyclic) bond motifs is 1. The van der Waals surface area contributed by atoms with Crippen molar-refractivity contribution < 1.29 is 4.79 Å². The van der Waals surface area contributed by atoms with Gasteiger partial charge in [0.15, 0.2) is 0 Å². The van der Waals surface area contributed by atoms with E-state index in [0.717, 1.165) is 49.2 Å². The molecule has 0 amide bonds.